The number of nitrogens with zero attached hydrogens (tertiary/aromatic N) is 1. The van der Waals surface area contributed by atoms with Crippen molar-refractivity contribution in [2.24, 2.45) is 0 Å². The maximum Gasteiger partial charge on any atom is 0.255 e. The lowest BCUT2D eigenvalue weighted by molar-refractivity contribution is 0.0728. The topological polar surface area (TPSA) is 36.1 Å². The first-order valence-corrected chi connectivity index (χ1v) is 4.83. The lowest BCUT2D eigenvalue weighted by Crippen LogP contribution is -2.38. The minimum atomic E-state index is 0.227. The summed E-state index contributed by atoms with van der Waals surface area (Å²) in [6.07, 6.45) is 7.18. The van der Waals surface area contributed by atoms with Crippen LogP contribution in [0.2, 0.25) is 0 Å². The van der Waals surface area contributed by atoms with Gasteiger partial charge in [-0.05, 0) is 24.8 Å². The van der Waals surface area contributed by atoms with Crippen molar-refractivity contribution in [3.8, 4) is 0 Å². The van der Waals surface area contributed by atoms with Crippen molar-refractivity contribution in [2.45, 2.75) is 25.3 Å². The fourth-order valence-corrected chi connectivity index (χ4v) is 2.03. The molecule has 3 rings (SSSR count). The molecule has 1 saturated carbocycles. The summed E-state index contributed by atoms with van der Waals surface area (Å²) < 4.78 is 0. The number of H-pyrrole nitrogens is 1. The highest BCUT2D eigenvalue weighted by atomic mass is 16.2. The van der Waals surface area contributed by atoms with Gasteiger partial charge in [0, 0.05) is 25.0 Å². The van der Waals surface area contributed by atoms with E-state index in [2.05, 4.69) is 4.98 Å². The third-order valence-corrected chi connectivity index (χ3v) is 2.93. The van der Waals surface area contributed by atoms with Gasteiger partial charge in [-0.2, -0.15) is 0 Å². The van der Waals surface area contributed by atoms with Crippen LogP contribution >= 0.6 is 0 Å². The van der Waals surface area contributed by atoms with Crippen molar-refractivity contribution < 1.29 is 4.79 Å². The maximum absolute atomic E-state index is 11.9. The molecule has 0 aromatic carbocycles. The molecule has 0 unspecified atom stereocenters. The van der Waals surface area contributed by atoms with Crippen LogP contribution in [0.1, 0.15) is 28.8 Å². The van der Waals surface area contributed by atoms with Crippen LogP contribution in [0.5, 0.6) is 0 Å². The van der Waals surface area contributed by atoms with Gasteiger partial charge in [0.05, 0.1) is 5.56 Å². The number of hydrogen-bond donors (Lipinski definition) is 1. The number of aromatic amines is 1. The summed E-state index contributed by atoms with van der Waals surface area (Å²) in [4.78, 5) is 16.9. The van der Waals surface area contributed by atoms with Gasteiger partial charge >= 0.3 is 0 Å². The first-order chi connectivity index (χ1) is 6.36. The molecule has 68 valence electrons. The van der Waals surface area contributed by atoms with Crippen molar-refractivity contribution in [2.75, 3.05) is 6.54 Å². The van der Waals surface area contributed by atoms with Crippen molar-refractivity contribution >= 4 is 5.91 Å². The van der Waals surface area contributed by atoms with Crippen LogP contribution in [-0.4, -0.2) is 28.4 Å². The van der Waals surface area contributed by atoms with Gasteiger partial charge in [0.2, 0.25) is 0 Å². The van der Waals surface area contributed by atoms with Gasteiger partial charge in [0.15, 0.2) is 0 Å². The van der Waals surface area contributed by atoms with Crippen molar-refractivity contribution in [1.82, 2.24) is 9.88 Å². The second-order valence-corrected chi connectivity index (χ2v) is 3.87. The predicted octanol–water partition coefficient (Wildman–Crippen LogP) is 1.18. The number of hydrogen-bond acceptors (Lipinski definition) is 1. The molecule has 1 fully saturated rings. The standard InChI is InChI=1S/C10H12N2O/c13-10-9-6-11-5-7(9)3-4-12(10)8-1-2-8/h5-6,8,11H,1-4H2. The highest BCUT2D eigenvalue weighted by Gasteiger charge is 2.36. The van der Waals surface area contributed by atoms with Gasteiger partial charge in [0.25, 0.3) is 5.91 Å². The largest absolute Gasteiger partial charge is 0.367 e. The van der Waals surface area contributed by atoms with Gasteiger partial charge in [-0.25, -0.2) is 0 Å². The zero-order valence-corrected chi connectivity index (χ0v) is 7.42. The molecule has 1 aliphatic heterocycles. The van der Waals surface area contributed by atoms with Crippen LogP contribution in [0, 0.1) is 0 Å². The molecule has 0 saturated heterocycles. The number of nitrogens with one attached hydrogen (secondary N) is 1. The van der Waals surface area contributed by atoms with Gasteiger partial charge in [-0.15, -0.1) is 0 Å². The number of carbonyl (C=O) groups is 1. The second-order valence-electron chi connectivity index (χ2n) is 3.87. The summed E-state index contributed by atoms with van der Waals surface area (Å²) in [5, 5.41) is 0. The molecule has 13 heavy (non-hydrogen) atoms. The zero-order chi connectivity index (χ0) is 8.84. The van der Waals surface area contributed by atoms with Crippen LogP contribution in [0.4, 0.5) is 0 Å². The van der Waals surface area contributed by atoms with E-state index in [-0.39, 0.29) is 5.91 Å². The van der Waals surface area contributed by atoms with Crippen LogP contribution < -0.4 is 0 Å². The molecule has 1 N–H and O–H groups in total. The Kier molecular flexibility index (Phi) is 1.31. The molecule has 1 aliphatic carbocycles. The van der Waals surface area contributed by atoms with E-state index in [1.165, 1.54) is 18.4 Å². The van der Waals surface area contributed by atoms with E-state index >= 15 is 0 Å². The molecule has 0 atom stereocenters. The fraction of sp³-hybridized carbons (Fsp3) is 0.500. The highest BCUT2D eigenvalue weighted by Crippen LogP contribution is 2.31. The lowest BCUT2D eigenvalue weighted by atomic mass is 10.0. The quantitative estimate of drug-likeness (QED) is 0.685. The smallest absolute Gasteiger partial charge is 0.255 e. The molecule has 1 amide bonds. The Balaban J connectivity index is 1.96. The molecular formula is C10H12N2O. The number of amides is 1. The van der Waals surface area contributed by atoms with E-state index in [1.807, 2.05) is 17.3 Å². The van der Waals surface area contributed by atoms with E-state index < -0.39 is 0 Å². The first kappa shape index (κ1) is 7.18. The van der Waals surface area contributed by atoms with Gasteiger partial charge in [0.1, 0.15) is 0 Å². The van der Waals surface area contributed by atoms with Gasteiger partial charge < -0.3 is 9.88 Å². The molecule has 3 nitrogen and oxygen atoms in total. The monoisotopic (exact) mass is 176 g/mol. The molecule has 1 aromatic heterocycles. The Labute approximate surface area is 76.7 Å². The van der Waals surface area contributed by atoms with E-state index in [9.17, 15) is 4.79 Å². The number of fused-ring (bicyclic) bond motifs is 1. The minimum absolute atomic E-state index is 0.227. The lowest BCUT2D eigenvalue weighted by Gasteiger charge is -2.26. The number of carbonyl (C=O) groups excluding carboxylic acids is 1. The summed E-state index contributed by atoms with van der Waals surface area (Å²) in [7, 11) is 0. The molecule has 3 heteroatoms. The fourth-order valence-electron chi connectivity index (χ4n) is 2.03. The Morgan fingerprint density at radius 3 is 3.00 bits per heavy atom. The normalized spacial score (nSPS) is 21.8. The highest BCUT2D eigenvalue weighted by molar-refractivity contribution is 5.96. The predicted molar refractivity (Wildman–Crippen MR) is 48.6 cm³/mol. The Morgan fingerprint density at radius 1 is 1.38 bits per heavy atom. The number of aromatic nitrogens is 1. The summed E-state index contributed by atoms with van der Waals surface area (Å²) in [5.41, 5.74) is 2.07. The van der Waals surface area contributed by atoms with E-state index in [0.717, 1.165) is 18.5 Å². The molecule has 1 aromatic rings. The van der Waals surface area contributed by atoms with Gasteiger partial charge in [-0.3, -0.25) is 4.79 Å². The van der Waals surface area contributed by atoms with Crippen LogP contribution in [0.25, 0.3) is 0 Å². The van der Waals surface area contributed by atoms with Crippen molar-refractivity contribution in [1.29, 1.82) is 0 Å². The minimum Gasteiger partial charge on any atom is -0.367 e. The first-order valence-electron chi connectivity index (χ1n) is 4.83. The Bertz CT molecular complexity index is 352. The molecule has 2 heterocycles. The van der Waals surface area contributed by atoms with Crippen LogP contribution in [-0.2, 0) is 6.42 Å². The third kappa shape index (κ3) is 0.996. The van der Waals surface area contributed by atoms with Gasteiger partial charge in [-0.1, -0.05) is 0 Å². The molecule has 0 radical (unpaired) electrons. The van der Waals surface area contributed by atoms with Crippen LogP contribution in [0.3, 0.4) is 0 Å². The summed E-state index contributed by atoms with van der Waals surface area (Å²) in [6, 6.07) is 0.551. The third-order valence-electron chi connectivity index (χ3n) is 2.93. The Morgan fingerprint density at radius 2 is 2.23 bits per heavy atom. The average Bonchev–Trinajstić information content (AvgIpc) is 2.83. The summed E-state index contributed by atoms with van der Waals surface area (Å²) >= 11 is 0. The molecule has 0 bridgehead atoms. The summed E-state index contributed by atoms with van der Waals surface area (Å²) in [5.74, 6) is 0.227. The average molecular weight is 176 g/mol. The molecule has 2 aliphatic rings. The second kappa shape index (κ2) is 2.37. The van der Waals surface area contributed by atoms with Crippen molar-refractivity contribution in [3.63, 3.8) is 0 Å². The van der Waals surface area contributed by atoms with E-state index in [1.54, 1.807) is 0 Å². The molecule has 0 spiro atoms. The molecular weight excluding hydrogens is 164 g/mol. The Hall–Kier alpha value is -1.25. The zero-order valence-electron chi connectivity index (χ0n) is 7.42. The number of rotatable bonds is 1. The van der Waals surface area contributed by atoms with Crippen molar-refractivity contribution in [3.05, 3.63) is 23.5 Å². The van der Waals surface area contributed by atoms with E-state index in [4.69, 9.17) is 0 Å². The maximum atomic E-state index is 11.9. The van der Waals surface area contributed by atoms with Crippen LogP contribution in [0.15, 0.2) is 12.4 Å². The SMILES string of the molecule is O=C1c2c[nH]cc2CCN1C1CC1. The summed E-state index contributed by atoms with van der Waals surface area (Å²) in [6.45, 7) is 0.911. The van der Waals surface area contributed by atoms with E-state index in [0.29, 0.717) is 6.04 Å².